The van der Waals surface area contributed by atoms with Crippen LogP contribution in [0.25, 0.3) is 89.7 Å². The number of para-hydroxylation sites is 7. The van der Waals surface area contributed by atoms with Crippen molar-refractivity contribution in [1.82, 2.24) is 9.13 Å². The molecule has 0 amide bonds. The van der Waals surface area contributed by atoms with Crippen LogP contribution in [0.3, 0.4) is 0 Å². The van der Waals surface area contributed by atoms with Gasteiger partial charge in [-0.05, 0) is 119 Å². The Hall–Kier alpha value is -9.12. The van der Waals surface area contributed by atoms with Crippen LogP contribution in [-0.4, -0.2) is 9.13 Å². The number of nitrogens with zero attached hydrogens (tertiary/aromatic N) is 4. The summed E-state index contributed by atoms with van der Waals surface area (Å²) in [5.74, 6) is 0. The number of aromatic nitrogens is 2. The molecule has 0 fully saturated rings. The first kappa shape index (κ1) is 39.8. The predicted octanol–water partition coefficient (Wildman–Crippen LogP) is 18.1. The topological polar surface area (TPSA) is 16.3 Å². The Bertz CT molecular complexity index is 4210. The molecule has 0 radical (unpaired) electrons. The highest BCUT2D eigenvalue weighted by atomic mass is 15.2. The third-order valence-corrected chi connectivity index (χ3v) is 15.6. The van der Waals surface area contributed by atoms with Crippen LogP contribution in [0.1, 0.15) is 36.1 Å². The molecule has 3 aliphatic rings. The minimum absolute atomic E-state index is 0.287. The summed E-state index contributed by atoms with van der Waals surface area (Å²) in [6, 6.07) is 85.2. The second kappa shape index (κ2) is 14.9. The van der Waals surface area contributed by atoms with Gasteiger partial charge in [0, 0.05) is 66.6 Å². The standard InChI is InChI=1S/C67H46N4/c1-67(2)56-40-47(69-60-30-16-11-25-52(60)65-53-26-12-17-31-61(53)71(46-22-7-4-8-23-46)66(65)54-27-13-18-32-62(54)69)35-37-49(56)50-38-36-48(41-57(50)67)70-59-29-15-10-24-51(59)55-42-63-44(39-64(55)70)34-33-43-19-9-14-28-58(43)68(63)45-20-5-3-6-21-45/h3-42H,1-2H3. The molecule has 2 aliphatic heterocycles. The molecular formula is C67H46N4. The first-order valence-electron chi connectivity index (χ1n) is 24.7. The summed E-state index contributed by atoms with van der Waals surface area (Å²) in [6.45, 7) is 4.82. The molecule has 2 aromatic heterocycles. The average molecular weight is 907 g/mol. The molecule has 0 unspecified atom stereocenters. The first-order valence-corrected chi connectivity index (χ1v) is 24.7. The van der Waals surface area contributed by atoms with Crippen LogP contribution in [0.5, 0.6) is 0 Å². The van der Waals surface area contributed by atoms with E-state index in [-0.39, 0.29) is 5.41 Å². The van der Waals surface area contributed by atoms with Gasteiger partial charge in [0.15, 0.2) is 0 Å². The van der Waals surface area contributed by atoms with Gasteiger partial charge in [-0.2, -0.15) is 0 Å². The molecule has 0 spiro atoms. The Kier molecular flexibility index (Phi) is 8.38. The lowest BCUT2D eigenvalue weighted by molar-refractivity contribution is 0.660. The molecule has 0 atom stereocenters. The lowest BCUT2D eigenvalue weighted by atomic mass is 9.82. The lowest BCUT2D eigenvalue weighted by Gasteiger charge is -2.29. The van der Waals surface area contributed by atoms with Crippen LogP contribution in [0.15, 0.2) is 231 Å². The SMILES string of the molecule is CC1(C)c2cc(N3c4ccccc4-c4c(n(-c5ccccc5)c5ccccc45)-c4ccccc43)ccc2-c2ccc(-n3c4ccccc4c4cc5c(cc43)C=Cc3ccccc3N5c3ccccc3)cc21. The van der Waals surface area contributed by atoms with E-state index >= 15 is 0 Å². The molecule has 15 rings (SSSR count). The number of rotatable bonds is 4. The van der Waals surface area contributed by atoms with Crippen LogP contribution in [0, 0.1) is 0 Å². The predicted molar refractivity (Wildman–Crippen MR) is 298 cm³/mol. The third-order valence-electron chi connectivity index (χ3n) is 15.6. The van der Waals surface area contributed by atoms with Crippen molar-refractivity contribution in [3.63, 3.8) is 0 Å². The number of benzene rings is 10. The molecule has 4 nitrogen and oxygen atoms in total. The Morgan fingerprint density at radius 1 is 0.310 bits per heavy atom. The normalized spacial score (nSPS) is 13.8. The molecule has 0 saturated heterocycles. The summed E-state index contributed by atoms with van der Waals surface area (Å²) >= 11 is 0. The molecule has 4 heterocycles. The summed E-state index contributed by atoms with van der Waals surface area (Å²) in [6.07, 6.45) is 4.56. The summed E-state index contributed by atoms with van der Waals surface area (Å²) in [5.41, 5.74) is 25.1. The van der Waals surface area contributed by atoms with Gasteiger partial charge in [-0.3, -0.25) is 0 Å². The maximum Gasteiger partial charge on any atom is 0.0641 e. The van der Waals surface area contributed by atoms with Gasteiger partial charge in [0.1, 0.15) is 0 Å². The zero-order valence-corrected chi connectivity index (χ0v) is 39.4. The molecular weight excluding hydrogens is 861 g/mol. The van der Waals surface area contributed by atoms with E-state index in [0.29, 0.717) is 0 Å². The molecule has 1 aliphatic carbocycles. The molecule has 10 aromatic carbocycles. The van der Waals surface area contributed by atoms with Crippen molar-refractivity contribution in [1.29, 1.82) is 0 Å². The number of hydrogen-bond donors (Lipinski definition) is 0. The van der Waals surface area contributed by atoms with E-state index < -0.39 is 0 Å². The average Bonchev–Trinajstić information content (AvgIpc) is 3.92. The highest BCUT2D eigenvalue weighted by molar-refractivity contribution is 6.14. The van der Waals surface area contributed by atoms with E-state index in [1.54, 1.807) is 0 Å². The molecule has 0 N–H and O–H groups in total. The van der Waals surface area contributed by atoms with Gasteiger partial charge in [-0.25, -0.2) is 0 Å². The minimum Gasteiger partial charge on any atom is -0.309 e. The lowest BCUT2D eigenvalue weighted by Crippen LogP contribution is -2.17. The molecule has 71 heavy (non-hydrogen) atoms. The van der Waals surface area contributed by atoms with E-state index in [9.17, 15) is 0 Å². The molecule has 12 aromatic rings. The second-order valence-corrected chi connectivity index (χ2v) is 19.7. The number of hydrogen-bond acceptors (Lipinski definition) is 2. The fourth-order valence-electron chi connectivity index (χ4n) is 12.4. The smallest absolute Gasteiger partial charge is 0.0641 e. The quantitative estimate of drug-likeness (QED) is 0.175. The summed E-state index contributed by atoms with van der Waals surface area (Å²) in [5, 5.41) is 3.71. The number of fused-ring (bicyclic) bond motifs is 15. The fraction of sp³-hybridized carbons (Fsp3) is 0.0448. The molecule has 0 saturated carbocycles. The van der Waals surface area contributed by atoms with Crippen LogP contribution in [0.4, 0.5) is 34.1 Å². The van der Waals surface area contributed by atoms with E-state index in [1.165, 1.54) is 106 Å². The van der Waals surface area contributed by atoms with Gasteiger partial charge in [0.05, 0.1) is 45.0 Å². The summed E-state index contributed by atoms with van der Waals surface area (Å²) in [7, 11) is 0. The van der Waals surface area contributed by atoms with Crippen molar-refractivity contribution < 1.29 is 0 Å². The largest absolute Gasteiger partial charge is 0.309 e. The van der Waals surface area contributed by atoms with Crippen molar-refractivity contribution in [3.05, 3.63) is 253 Å². The van der Waals surface area contributed by atoms with Gasteiger partial charge < -0.3 is 18.9 Å². The minimum atomic E-state index is -0.287. The fourth-order valence-corrected chi connectivity index (χ4v) is 12.4. The van der Waals surface area contributed by atoms with E-state index in [4.69, 9.17) is 0 Å². The van der Waals surface area contributed by atoms with Crippen LogP contribution in [0.2, 0.25) is 0 Å². The maximum absolute atomic E-state index is 2.51. The zero-order chi connectivity index (χ0) is 47.0. The molecule has 0 bridgehead atoms. The highest BCUT2D eigenvalue weighted by Gasteiger charge is 2.38. The Labute approximate surface area is 412 Å². The van der Waals surface area contributed by atoms with Gasteiger partial charge in [-0.1, -0.05) is 166 Å². The van der Waals surface area contributed by atoms with Crippen molar-refractivity contribution in [3.8, 4) is 44.9 Å². The third kappa shape index (κ3) is 5.67. The first-order chi connectivity index (χ1) is 35.0. The highest BCUT2D eigenvalue weighted by Crippen LogP contribution is 2.57. The number of anilines is 6. The van der Waals surface area contributed by atoms with Crippen molar-refractivity contribution in [2.45, 2.75) is 19.3 Å². The molecule has 334 valence electrons. The van der Waals surface area contributed by atoms with Gasteiger partial charge in [-0.15, -0.1) is 0 Å². The van der Waals surface area contributed by atoms with Crippen molar-refractivity contribution in [2.24, 2.45) is 0 Å². The monoisotopic (exact) mass is 906 g/mol. The summed E-state index contributed by atoms with van der Waals surface area (Å²) < 4.78 is 4.95. The van der Waals surface area contributed by atoms with Gasteiger partial charge in [0.25, 0.3) is 0 Å². The molecule has 4 heteroatoms. The Balaban J connectivity index is 0.884. The Morgan fingerprint density at radius 2 is 0.845 bits per heavy atom. The van der Waals surface area contributed by atoms with E-state index in [2.05, 4.69) is 275 Å². The van der Waals surface area contributed by atoms with Crippen LogP contribution < -0.4 is 9.80 Å². The second-order valence-electron chi connectivity index (χ2n) is 19.7. The van der Waals surface area contributed by atoms with Crippen molar-refractivity contribution >= 4 is 79.0 Å². The summed E-state index contributed by atoms with van der Waals surface area (Å²) in [4.78, 5) is 4.93. The van der Waals surface area contributed by atoms with Crippen molar-refractivity contribution in [2.75, 3.05) is 9.80 Å². The van der Waals surface area contributed by atoms with Gasteiger partial charge >= 0.3 is 0 Å². The van der Waals surface area contributed by atoms with Gasteiger partial charge in [0.2, 0.25) is 0 Å². The zero-order valence-electron chi connectivity index (χ0n) is 39.4. The Morgan fingerprint density at radius 3 is 1.59 bits per heavy atom. The van der Waals surface area contributed by atoms with Crippen LogP contribution >= 0.6 is 0 Å². The van der Waals surface area contributed by atoms with E-state index in [0.717, 1.165) is 28.4 Å². The van der Waals surface area contributed by atoms with Crippen LogP contribution in [-0.2, 0) is 5.41 Å². The maximum atomic E-state index is 2.51. The van der Waals surface area contributed by atoms with E-state index in [1.807, 2.05) is 0 Å².